The summed E-state index contributed by atoms with van der Waals surface area (Å²) in [5, 5.41) is 13.4. The lowest BCUT2D eigenvalue weighted by Crippen LogP contribution is -2.58. The Bertz CT molecular complexity index is 1410. The number of amides is 3. The second-order valence-electron chi connectivity index (χ2n) is 8.22. The standard InChI is InChI=1S/C26H18F3N5O2/c27-26(28,29)18-5-4-8-20(13-18)34-21-15-33(19-6-2-1-3-7-19)32-24(35)22(21)23(31-25(34)36)17-11-9-16(14-30)10-12-17/h1-13,23H,15H2,(H,31,36)(H,32,35). The Balaban J connectivity index is 1.65. The van der Waals surface area contributed by atoms with E-state index in [9.17, 15) is 22.8 Å². The van der Waals surface area contributed by atoms with Crippen LogP contribution in [-0.2, 0) is 11.0 Å². The number of hydrazine groups is 1. The van der Waals surface area contributed by atoms with Gasteiger partial charge in [0.25, 0.3) is 5.91 Å². The Morgan fingerprint density at radius 3 is 2.28 bits per heavy atom. The van der Waals surface area contributed by atoms with Crippen LogP contribution in [0.1, 0.15) is 22.7 Å². The van der Waals surface area contributed by atoms with Gasteiger partial charge in [0.05, 0.1) is 52.4 Å². The number of benzene rings is 3. The first kappa shape index (κ1) is 23.0. The second kappa shape index (κ2) is 8.78. The van der Waals surface area contributed by atoms with Gasteiger partial charge in [-0.3, -0.25) is 20.1 Å². The smallest absolute Gasteiger partial charge is 0.326 e. The predicted octanol–water partition coefficient (Wildman–Crippen LogP) is 4.65. The molecule has 0 saturated carbocycles. The number of halogens is 3. The van der Waals surface area contributed by atoms with Gasteiger partial charge in [0.15, 0.2) is 0 Å². The number of carbonyl (C=O) groups excluding carboxylic acids is 2. The zero-order chi connectivity index (χ0) is 25.4. The number of anilines is 2. The van der Waals surface area contributed by atoms with Crippen LogP contribution in [0.5, 0.6) is 0 Å². The third kappa shape index (κ3) is 4.11. The summed E-state index contributed by atoms with van der Waals surface area (Å²) in [6.45, 7) is 0.0293. The predicted molar refractivity (Wildman–Crippen MR) is 125 cm³/mol. The van der Waals surface area contributed by atoms with Crippen LogP contribution in [0.2, 0.25) is 0 Å². The minimum absolute atomic E-state index is 0.0178. The lowest BCUT2D eigenvalue weighted by molar-refractivity contribution is -0.137. The normalized spacial score (nSPS) is 17.8. The molecule has 36 heavy (non-hydrogen) atoms. The first-order valence-electron chi connectivity index (χ1n) is 10.9. The van der Waals surface area contributed by atoms with Crippen molar-refractivity contribution in [3.63, 3.8) is 0 Å². The van der Waals surface area contributed by atoms with Gasteiger partial charge in [-0.05, 0) is 48.0 Å². The molecule has 0 saturated heterocycles. The Kier molecular flexibility index (Phi) is 5.60. The fraction of sp³-hybridized carbons (Fsp3) is 0.115. The molecule has 5 rings (SSSR count). The van der Waals surface area contributed by atoms with Gasteiger partial charge in [-0.1, -0.05) is 36.4 Å². The van der Waals surface area contributed by atoms with Crippen LogP contribution in [0.4, 0.5) is 29.3 Å². The van der Waals surface area contributed by atoms with Gasteiger partial charge in [0, 0.05) is 0 Å². The molecule has 2 N–H and O–H groups in total. The van der Waals surface area contributed by atoms with Crippen molar-refractivity contribution in [2.75, 3.05) is 16.5 Å². The summed E-state index contributed by atoms with van der Waals surface area (Å²) < 4.78 is 40.3. The maximum absolute atomic E-state index is 13.4. The highest BCUT2D eigenvalue weighted by molar-refractivity contribution is 6.06. The molecule has 0 spiro atoms. The van der Waals surface area contributed by atoms with Crippen LogP contribution >= 0.6 is 0 Å². The fourth-order valence-corrected chi connectivity index (χ4v) is 4.32. The van der Waals surface area contributed by atoms with Crippen molar-refractivity contribution in [2.45, 2.75) is 12.2 Å². The number of nitrogens with zero attached hydrogens (tertiary/aromatic N) is 3. The van der Waals surface area contributed by atoms with E-state index in [-0.39, 0.29) is 23.5 Å². The van der Waals surface area contributed by atoms with E-state index in [0.717, 1.165) is 17.0 Å². The van der Waals surface area contributed by atoms with E-state index < -0.39 is 29.7 Å². The molecule has 1 atom stereocenters. The summed E-state index contributed by atoms with van der Waals surface area (Å²) in [5.41, 5.74) is 3.93. The van der Waals surface area contributed by atoms with E-state index in [1.54, 1.807) is 48.5 Å². The van der Waals surface area contributed by atoms with Crippen LogP contribution < -0.4 is 20.7 Å². The van der Waals surface area contributed by atoms with Crippen molar-refractivity contribution >= 4 is 23.3 Å². The lowest BCUT2D eigenvalue weighted by atomic mass is 9.92. The number of carbonyl (C=O) groups is 2. The highest BCUT2D eigenvalue weighted by atomic mass is 19.4. The molecule has 0 aromatic heterocycles. The number of hydrogen-bond acceptors (Lipinski definition) is 4. The topological polar surface area (TPSA) is 88.5 Å². The summed E-state index contributed by atoms with van der Waals surface area (Å²) in [5.74, 6) is -0.508. The van der Waals surface area contributed by atoms with E-state index in [2.05, 4.69) is 10.7 Å². The van der Waals surface area contributed by atoms with Gasteiger partial charge in [0.1, 0.15) is 0 Å². The Hall–Kier alpha value is -4.78. The van der Waals surface area contributed by atoms with Crippen molar-refractivity contribution in [3.8, 4) is 6.07 Å². The molecule has 2 aliphatic rings. The molecule has 0 aliphatic carbocycles. The van der Waals surface area contributed by atoms with Gasteiger partial charge in [0.2, 0.25) is 0 Å². The van der Waals surface area contributed by atoms with Gasteiger partial charge in [-0.15, -0.1) is 0 Å². The molecular formula is C26H18F3N5O2. The van der Waals surface area contributed by atoms with Gasteiger partial charge in [-0.25, -0.2) is 4.79 Å². The Morgan fingerprint density at radius 2 is 1.61 bits per heavy atom. The average molecular weight is 489 g/mol. The number of nitriles is 1. The number of alkyl halides is 3. The number of urea groups is 1. The quantitative estimate of drug-likeness (QED) is 0.561. The lowest BCUT2D eigenvalue weighted by Gasteiger charge is -2.42. The van der Waals surface area contributed by atoms with Crippen LogP contribution in [-0.4, -0.2) is 18.5 Å². The third-order valence-corrected chi connectivity index (χ3v) is 6.00. The van der Waals surface area contributed by atoms with E-state index in [1.807, 2.05) is 12.1 Å². The second-order valence-corrected chi connectivity index (χ2v) is 8.22. The Morgan fingerprint density at radius 1 is 0.917 bits per heavy atom. The van der Waals surface area contributed by atoms with Crippen LogP contribution in [0, 0.1) is 11.3 Å². The SMILES string of the molecule is N#Cc1ccc(C2NC(=O)N(c3cccc(C(F)(F)F)c3)C3=C2C(=O)NN(c2ccccc2)C3)cc1. The molecule has 0 bridgehead atoms. The van der Waals surface area contributed by atoms with Gasteiger partial charge < -0.3 is 5.32 Å². The zero-order valence-corrected chi connectivity index (χ0v) is 18.6. The number of rotatable bonds is 3. The molecule has 10 heteroatoms. The Labute approximate surface area is 204 Å². The highest BCUT2D eigenvalue weighted by Crippen LogP contribution is 2.38. The molecule has 3 aromatic carbocycles. The van der Waals surface area contributed by atoms with Crippen molar-refractivity contribution in [1.82, 2.24) is 10.7 Å². The molecule has 2 heterocycles. The molecule has 1 unspecified atom stereocenters. The monoisotopic (exact) mass is 489 g/mol. The summed E-state index contributed by atoms with van der Waals surface area (Å²) in [7, 11) is 0. The largest absolute Gasteiger partial charge is 0.416 e. The van der Waals surface area contributed by atoms with Crippen LogP contribution in [0.15, 0.2) is 90.1 Å². The first-order chi connectivity index (χ1) is 17.3. The molecule has 7 nitrogen and oxygen atoms in total. The molecule has 0 radical (unpaired) electrons. The third-order valence-electron chi connectivity index (χ3n) is 6.00. The molecule has 180 valence electrons. The highest BCUT2D eigenvalue weighted by Gasteiger charge is 2.42. The van der Waals surface area contributed by atoms with E-state index >= 15 is 0 Å². The molecule has 3 amide bonds. The summed E-state index contributed by atoms with van der Waals surface area (Å²) >= 11 is 0. The van der Waals surface area contributed by atoms with Gasteiger partial charge in [-0.2, -0.15) is 18.4 Å². The summed E-state index contributed by atoms with van der Waals surface area (Å²) in [4.78, 5) is 27.9. The molecule has 3 aromatic rings. The van der Waals surface area contributed by atoms with Crippen LogP contribution in [0.3, 0.4) is 0 Å². The molecule has 2 aliphatic heterocycles. The molecular weight excluding hydrogens is 471 g/mol. The maximum atomic E-state index is 13.4. The number of nitrogens with one attached hydrogen (secondary N) is 2. The van der Waals surface area contributed by atoms with Gasteiger partial charge >= 0.3 is 12.2 Å². The minimum atomic E-state index is -4.61. The van der Waals surface area contributed by atoms with Crippen molar-refractivity contribution in [2.24, 2.45) is 0 Å². The fourth-order valence-electron chi connectivity index (χ4n) is 4.32. The summed E-state index contributed by atoms with van der Waals surface area (Å²) in [6.07, 6.45) is -4.61. The van der Waals surface area contributed by atoms with E-state index in [1.165, 1.54) is 17.1 Å². The average Bonchev–Trinajstić information content (AvgIpc) is 2.88. The number of para-hydroxylation sites is 1. The van der Waals surface area contributed by atoms with Crippen molar-refractivity contribution in [3.05, 3.63) is 107 Å². The van der Waals surface area contributed by atoms with E-state index in [4.69, 9.17) is 5.26 Å². The maximum Gasteiger partial charge on any atom is 0.416 e. The zero-order valence-electron chi connectivity index (χ0n) is 18.6. The number of hydrogen-bond donors (Lipinski definition) is 2. The molecule has 0 fully saturated rings. The van der Waals surface area contributed by atoms with Crippen LogP contribution in [0.25, 0.3) is 0 Å². The van der Waals surface area contributed by atoms with Crippen molar-refractivity contribution < 1.29 is 22.8 Å². The summed E-state index contributed by atoms with van der Waals surface area (Å²) in [6, 6.07) is 20.2. The van der Waals surface area contributed by atoms with E-state index in [0.29, 0.717) is 16.8 Å². The minimum Gasteiger partial charge on any atom is -0.326 e. The van der Waals surface area contributed by atoms with Crippen molar-refractivity contribution in [1.29, 1.82) is 5.26 Å². The first-order valence-corrected chi connectivity index (χ1v) is 10.9.